The minimum Gasteiger partial charge on any atom is -0.459 e. The van der Waals surface area contributed by atoms with Gasteiger partial charge >= 0.3 is 0 Å². The van der Waals surface area contributed by atoms with Gasteiger partial charge in [-0.1, -0.05) is 0 Å². The number of furan rings is 1. The Morgan fingerprint density at radius 1 is 1.19 bits per heavy atom. The number of hydrogen-bond donors (Lipinski definition) is 2. The fraction of sp³-hybridized carbons (Fsp3) is 0.231. The van der Waals surface area contributed by atoms with Gasteiger partial charge in [-0.3, -0.25) is 0 Å². The van der Waals surface area contributed by atoms with E-state index in [9.17, 15) is 0 Å². The van der Waals surface area contributed by atoms with Crippen molar-refractivity contribution >= 4 is 5.69 Å². The molecule has 0 amide bonds. The smallest absolute Gasteiger partial charge is 0.136 e. The molecule has 0 bridgehead atoms. The van der Waals surface area contributed by atoms with Crippen LogP contribution in [0.3, 0.4) is 0 Å². The molecule has 0 fully saturated rings. The Hall–Kier alpha value is -1.74. The Bertz CT molecular complexity index is 515. The molecule has 0 saturated carbocycles. The van der Waals surface area contributed by atoms with Crippen LogP contribution in [0.2, 0.25) is 0 Å². The summed E-state index contributed by atoms with van der Waals surface area (Å²) in [6, 6.07) is 7.52. The first-order valence-corrected chi connectivity index (χ1v) is 5.18. The molecule has 0 unspecified atom stereocenters. The highest BCUT2D eigenvalue weighted by Crippen LogP contribution is 2.30. The van der Waals surface area contributed by atoms with Gasteiger partial charge in [0, 0.05) is 11.3 Å². The van der Waals surface area contributed by atoms with E-state index in [1.165, 1.54) is 5.56 Å². The number of hydrogen-bond acceptors (Lipinski definition) is 3. The maximum atomic E-state index is 8.94. The first kappa shape index (κ1) is 10.8. The molecule has 16 heavy (non-hydrogen) atoms. The van der Waals surface area contributed by atoms with Crippen LogP contribution in [0.5, 0.6) is 0 Å². The second-order valence-electron chi connectivity index (χ2n) is 3.95. The molecule has 0 aliphatic heterocycles. The van der Waals surface area contributed by atoms with Gasteiger partial charge in [-0.2, -0.15) is 0 Å². The number of rotatable bonds is 2. The van der Waals surface area contributed by atoms with Crippen molar-refractivity contribution < 1.29 is 9.52 Å². The van der Waals surface area contributed by atoms with Gasteiger partial charge in [0.2, 0.25) is 0 Å². The zero-order valence-corrected chi connectivity index (χ0v) is 9.45. The SMILES string of the molecule is Cc1cc(N)c(-c2ccc(CO)o2)cc1C. The third kappa shape index (κ3) is 1.82. The van der Waals surface area contributed by atoms with Crippen LogP contribution in [-0.4, -0.2) is 5.11 Å². The van der Waals surface area contributed by atoms with Crippen LogP contribution < -0.4 is 5.73 Å². The number of nitrogen functional groups attached to an aromatic ring is 1. The summed E-state index contributed by atoms with van der Waals surface area (Å²) in [6.07, 6.45) is 0. The van der Waals surface area contributed by atoms with Crippen molar-refractivity contribution in [1.29, 1.82) is 0 Å². The van der Waals surface area contributed by atoms with Crippen molar-refractivity contribution in [3.63, 3.8) is 0 Å². The van der Waals surface area contributed by atoms with E-state index in [0.29, 0.717) is 17.2 Å². The quantitative estimate of drug-likeness (QED) is 0.760. The van der Waals surface area contributed by atoms with E-state index in [2.05, 4.69) is 0 Å². The van der Waals surface area contributed by atoms with Gasteiger partial charge in [0.05, 0.1) is 0 Å². The molecular weight excluding hydrogens is 202 g/mol. The molecule has 0 spiro atoms. The summed E-state index contributed by atoms with van der Waals surface area (Å²) < 4.78 is 5.46. The van der Waals surface area contributed by atoms with Gasteiger partial charge < -0.3 is 15.3 Å². The first-order chi connectivity index (χ1) is 7.61. The number of aryl methyl sites for hydroxylation is 2. The molecule has 0 radical (unpaired) electrons. The summed E-state index contributed by atoms with van der Waals surface area (Å²) >= 11 is 0. The van der Waals surface area contributed by atoms with Gasteiger partial charge in [0.1, 0.15) is 18.1 Å². The van der Waals surface area contributed by atoms with Crippen LogP contribution in [0.4, 0.5) is 5.69 Å². The molecular formula is C13H15NO2. The van der Waals surface area contributed by atoms with Crippen molar-refractivity contribution in [1.82, 2.24) is 0 Å². The molecule has 0 aliphatic carbocycles. The van der Waals surface area contributed by atoms with Crippen molar-refractivity contribution in [2.75, 3.05) is 5.73 Å². The van der Waals surface area contributed by atoms with Crippen LogP contribution in [0.15, 0.2) is 28.7 Å². The van der Waals surface area contributed by atoms with Crippen molar-refractivity contribution in [3.8, 4) is 11.3 Å². The number of nitrogens with two attached hydrogens (primary N) is 1. The number of benzene rings is 1. The number of anilines is 1. The van der Waals surface area contributed by atoms with Crippen molar-refractivity contribution in [3.05, 3.63) is 41.2 Å². The van der Waals surface area contributed by atoms with Gasteiger partial charge in [0.15, 0.2) is 0 Å². The summed E-state index contributed by atoms with van der Waals surface area (Å²) in [5.74, 6) is 1.25. The molecule has 84 valence electrons. The lowest BCUT2D eigenvalue weighted by atomic mass is 10.0. The number of aliphatic hydroxyl groups excluding tert-OH is 1. The van der Waals surface area contributed by atoms with Gasteiger partial charge in [-0.15, -0.1) is 0 Å². The Balaban J connectivity index is 2.51. The topological polar surface area (TPSA) is 59.4 Å². The zero-order valence-electron chi connectivity index (χ0n) is 9.45. The van der Waals surface area contributed by atoms with E-state index in [1.807, 2.05) is 32.0 Å². The fourth-order valence-electron chi connectivity index (χ4n) is 1.66. The second-order valence-corrected chi connectivity index (χ2v) is 3.95. The van der Waals surface area contributed by atoms with Gasteiger partial charge in [-0.25, -0.2) is 0 Å². The summed E-state index contributed by atoms with van der Waals surface area (Å²) in [6.45, 7) is 3.97. The molecule has 0 aliphatic rings. The molecule has 2 aromatic rings. The largest absolute Gasteiger partial charge is 0.459 e. The lowest BCUT2D eigenvalue weighted by Gasteiger charge is -2.07. The molecule has 0 saturated heterocycles. The third-order valence-electron chi connectivity index (χ3n) is 2.75. The average Bonchev–Trinajstić information content (AvgIpc) is 2.71. The third-order valence-corrected chi connectivity index (χ3v) is 2.75. The molecule has 3 nitrogen and oxygen atoms in total. The van der Waals surface area contributed by atoms with E-state index in [1.54, 1.807) is 6.07 Å². The van der Waals surface area contributed by atoms with Crippen LogP contribution in [0.25, 0.3) is 11.3 Å². The van der Waals surface area contributed by atoms with E-state index in [4.69, 9.17) is 15.3 Å². The minimum atomic E-state index is -0.0925. The zero-order chi connectivity index (χ0) is 11.7. The van der Waals surface area contributed by atoms with E-state index < -0.39 is 0 Å². The van der Waals surface area contributed by atoms with Crippen LogP contribution in [-0.2, 0) is 6.61 Å². The summed E-state index contributed by atoms with van der Waals surface area (Å²) in [4.78, 5) is 0. The molecule has 1 aromatic carbocycles. The molecule has 3 heteroatoms. The first-order valence-electron chi connectivity index (χ1n) is 5.18. The molecule has 1 heterocycles. The average molecular weight is 217 g/mol. The highest BCUT2D eigenvalue weighted by molar-refractivity contribution is 5.74. The Morgan fingerprint density at radius 2 is 1.88 bits per heavy atom. The number of aliphatic hydroxyl groups is 1. The Morgan fingerprint density at radius 3 is 2.50 bits per heavy atom. The molecule has 1 aromatic heterocycles. The van der Waals surface area contributed by atoms with E-state index in [-0.39, 0.29) is 6.61 Å². The van der Waals surface area contributed by atoms with Crippen LogP contribution in [0, 0.1) is 13.8 Å². The van der Waals surface area contributed by atoms with E-state index in [0.717, 1.165) is 11.1 Å². The normalized spacial score (nSPS) is 10.7. The monoisotopic (exact) mass is 217 g/mol. The summed E-state index contributed by atoms with van der Waals surface area (Å²) in [7, 11) is 0. The summed E-state index contributed by atoms with van der Waals surface area (Å²) in [5, 5.41) is 8.94. The van der Waals surface area contributed by atoms with Gasteiger partial charge in [0.25, 0.3) is 0 Å². The second kappa shape index (κ2) is 4.02. The predicted octanol–water partition coefficient (Wildman–Crippen LogP) is 2.64. The van der Waals surface area contributed by atoms with Crippen molar-refractivity contribution in [2.24, 2.45) is 0 Å². The van der Waals surface area contributed by atoms with Crippen LogP contribution >= 0.6 is 0 Å². The summed E-state index contributed by atoms with van der Waals surface area (Å²) in [5.41, 5.74) is 9.86. The van der Waals surface area contributed by atoms with Gasteiger partial charge in [-0.05, 0) is 49.2 Å². The molecule has 3 N–H and O–H groups in total. The van der Waals surface area contributed by atoms with E-state index >= 15 is 0 Å². The highest BCUT2D eigenvalue weighted by atomic mass is 16.4. The highest BCUT2D eigenvalue weighted by Gasteiger charge is 2.09. The van der Waals surface area contributed by atoms with Crippen molar-refractivity contribution in [2.45, 2.75) is 20.5 Å². The predicted molar refractivity (Wildman–Crippen MR) is 64.0 cm³/mol. The van der Waals surface area contributed by atoms with Crippen LogP contribution in [0.1, 0.15) is 16.9 Å². The lowest BCUT2D eigenvalue weighted by Crippen LogP contribution is -1.92. The molecule has 0 atom stereocenters. The maximum Gasteiger partial charge on any atom is 0.136 e. The Kier molecular flexibility index (Phi) is 2.71. The fourth-order valence-corrected chi connectivity index (χ4v) is 1.66. The molecule has 2 rings (SSSR count). The minimum absolute atomic E-state index is 0.0925. The Labute approximate surface area is 94.5 Å². The maximum absolute atomic E-state index is 8.94. The lowest BCUT2D eigenvalue weighted by molar-refractivity contribution is 0.248. The standard InChI is InChI=1S/C13H15NO2/c1-8-5-11(12(14)6-9(8)2)13-4-3-10(7-15)16-13/h3-6,15H,7,14H2,1-2H3.